The number of ether oxygens (including phenoxy) is 1. The lowest BCUT2D eigenvalue weighted by atomic mass is 9.81. The van der Waals surface area contributed by atoms with Gasteiger partial charge in [0.2, 0.25) is 0 Å². The number of aromatic nitrogens is 2. The molecule has 1 aromatic rings. The summed E-state index contributed by atoms with van der Waals surface area (Å²) in [4.78, 5) is 12.8. The molecule has 1 saturated carbocycles. The van der Waals surface area contributed by atoms with Crippen LogP contribution < -0.4 is 0 Å². The number of nitrogens with zero attached hydrogens (tertiary/aromatic N) is 2. The van der Waals surface area contributed by atoms with E-state index < -0.39 is 17.7 Å². The Bertz CT molecular complexity index is 784. The van der Waals surface area contributed by atoms with Crippen molar-refractivity contribution >= 4 is 17.6 Å². The maximum atomic E-state index is 14.1. The van der Waals surface area contributed by atoms with Crippen molar-refractivity contribution in [3.05, 3.63) is 40.2 Å². The first kappa shape index (κ1) is 16.8. The molecule has 4 atom stereocenters. The lowest BCUT2D eigenvalue weighted by Crippen LogP contribution is -2.40. The smallest absolute Gasteiger partial charge is 0.343 e. The number of esters is 1. The van der Waals surface area contributed by atoms with Crippen molar-refractivity contribution < 1.29 is 13.9 Å². The van der Waals surface area contributed by atoms with Gasteiger partial charge >= 0.3 is 5.97 Å². The number of alkyl halides is 1. The van der Waals surface area contributed by atoms with Gasteiger partial charge in [-0.1, -0.05) is 37.1 Å². The van der Waals surface area contributed by atoms with E-state index in [0.717, 1.165) is 31.3 Å². The molecule has 3 aliphatic carbocycles. The number of carbonyl (C=O) groups is 1. The number of hydrogen-bond acceptors (Lipinski definition) is 3. The highest BCUT2D eigenvalue weighted by Gasteiger charge is 2.60. The Morgan fingerprint density at radius 1 is 1.56 bits per heavy atom. The fourth-order valence-electron chi connectivity index (χ4n) is 5.00. The molecular formula is C19H22ClFN2O2. The summed E-state index contributed by atoms with van der Waals surface area (Å²) in [6.45, 7) is 2.14. The zero-order valence-corrected chi connectivity index (χ0v) is 15.2. The third-order valence-electron chi connectivity index (χ3n) is 6.01. The Morgan fingerprint density at radius 3 is 3.04 bits per heavy atom. The maximum Gasteiger partial charge on any atom is 0.343 e. The Labute approximate surface area is 151 Å². The molecule has 0 saturated heterocycles. The monoisotopic (exact) mass is 364 g/mol. The van der Waals surface area contributed by atoms with Gasteiger partial charge in [-0.3, -0.25) is 4.68 Å². The van der Waals surface area contributed by atoms with Crippen molar-refractivity contribution in [1.29, 1.82) is 0 Å². The molecule has 0 aliphatic heterocycles. The molecule has 4 nitrogen and oxygen atoms in total. The van der Waals surface area contributed by atoms with Crippen LogP contribution in [-0.2, 0) is 11.8 Å². The first-order valence-electron chi connectivity index (χ1n) is 8.94. The molecule has 4 rings (SSSR count). The molecule has 2 bridgehead atoms. The summed E-state index contributed by atoms with van der Waals surface area (Å²) in [7, 11) is 1.68. The normalized spacial score (nSPS) is 33.0. The summed E-state index contributed by atoms with van der Waals surface area (Å²) in [5.41, 5.74) is 1.78. The second-order valence-corrected chi connectivity index (χ2v) is 7.66. The van der Waals surface area contributed by atoms with Crippen LogP contribution in [0.4, 0.5) is 4.39 Å². The van der Waals surface area contributed by atoms with Gasteiger partial charge in [-0.15, -0.1) is 0 Å². The predicted molar refractivity (Wildman–Crippen MR) is 93.2 cm³/mol. The van der Waals surface area contributed by atoms with Gasteiger partial charge in [0, 0.05) is 19.4 Å². The van der Waals surface area contributed by atoms with E-state index in [9.17, 15) is 9.18 Å². The highest BCUT2D eigenvalue weighted by Crippen LogP contribution is 2.61. The van der Waals surface area contributed by atoms with Crippen LogP contribution in [0.15, 0.2) is 29.5 Å². The Morgan fingerprint density at radius 2 is 2.36 bits per heavy atom. The molecule has 0 amide bonds. The lowest BCUT2D eigenvalue weighted by molar-refractivity contribution is -0.0203. The van der Waals surface area contributed by atoms with E-state index in [4.69, 9.17) is 16.3 Å². The number of fused-ring (bicyclic) bond motifs is 4. The van der Waals surface area contributed by atoms with E-state index in [1.54, 1.807) is 13.1 Å². The van der Waals surface area contributed by atoms with Crippen LogP contribution in [0, 0.1) is 11.8 Å². The molecule has 3 unspecified atom stereocenters. The van der Waals surface area contributed by atoms with Gasteiger partial charge in [0.15, 0.2) is 0 Å². The van der Waals surface area contributed by atoms with Crippen LogP contribution in [0.25, 0.3) is 0 Å². The number of halogens is 2. The number of rotatable bonds is 4. The van der Waals surface area contributed by atoms with Crippen molar-refractivity contribution in [1.82, 2.24) is 9.78 Å². The average Bonchev–Trinajstić information content (AvgIpc) is 3.17. The summed E-state index contributed by atoms with van der Waals surface area (Å²) in [5.74, 6) is 0.145. The highest BCUT2D eigenvalue weighted by molar-refractivity contribution is 6.32. The standard InChI is InChI=1S/C19H22ClFN2O2/c1-3-4-15-13-7-8-19(15,16-9-11(21)5-6-12(13)16)25-18(24)14-10-22-23(2)17(14)20/h5-6,10-11,13,15H,3-4,7-9H2,1-2H3/t11-,13?,15?,19?/m1/s1. The van der Waals surface area contributed by atoms with Gasteiger partial charge in [0.1, 0.15) is 22.5 Å². The van der Waals surface area contributed by atoms with Gasteiger partial charge in [-0.2, -0.15) is 5.10 Å². The van der Waals surface area contributed by atoms with Crippen LogP contribution in [0.3, 0.4) is 0 Å². The molecule has 1 fully saturated rings. The van der Waals surface area contributed by atoms with Crippen molar-refractivity contribution in [2.24, 2.45) is 18.9 Å². The number of allylic oxidation sites excluding steroid dienone is 3. The molecule has 3 aliphatic rings. The Kier molecular flexibility index (Phi) is 4.02. The largest absolute Gasteiger partial charge is 0.450 e. The molecule has 6 heteroatoms. The molecule has 134 valence electrons. The van der Waals surface area contributed by atoms with E-state index >= 15 is 0 Å². The fourth-order valence-corrected chi connectivity index (χ4v) is 5.17. The molecular weight excluding hydrogens is 343 g/mol. The molecule has 1 aromatic heterocycles. The van der Waals surface area contributed by atoms with Crippen LogP contribution in [0.2, 0.25) is 5.15 Å². The summed E-state index contributed by atoms with van der Waals surface area (Å²) >= 11 is 6.16. The molecule has 0 aromatic carbocycles. The van der Waals surface area contributed by atoms with Gasteiger partial charge in [0.05, 0.1) is 6.20 Å². The Hall–Kier alpha value is -1.62. The van der Waals surface area contributed by atoms with Crippen LogP contribution in [0.1, 0.15) is 49.4 Å². The van der Waals surface area contributed by atoms with Crippen LogP contribution in [0.5, 0.6) is 0 Å². The number of aryl methyl sites for hydroxylation is 1. The maximum absolute atomic E-state index is 14.1. The van der Waals surface area contributed by atoms with Gasteiger partial charge < -0.3 is 4.74 Å². The quantitative estimate of drug-likeness (QED) is 0.743. The summed E-state index contributed by atoms with van der Waals surface area (Å²) in [6.07, 6.45) is 8.05. The minimum atomic E-state index is -1.00. The van der Waals surface area contributed by atoms with E-state index in [0.29, 0.717) is 12.3 Å². The minimum absolute atomic E-state index is 0.233. The summed E-state index contributed by atoms with van der Waals surface area (Å²) in [6, 6.07) is 0. The minimum Gasteiger partial charge on any atom is -0.450 e. The lowest BCUT2D eigenvalue weighted by Gasteiger charge is -2.36. The van der Waals surface area contributed by atoms with Gasteiger partial charge in [-0.05, 0) is 36.3 Å². The Balaban J connectivity index is 1.71. The van der Waals surface area contributed by atoms with E-state index in [-0.39, 0.29) is 16.6 Å². The molecule has 1 heterocycles. The van der Waals surface area contributed by atoms with Crippen LogP contribution >= 0.6 is 11.6 Å². The van der Waals surface area contributed by atoms with Crippen molar-refractivity contribution in [3.8, 4) is 0 Å². The number of carbonyl (C=O) groups excluding carboxylic acids is 1. The fraction of sp³-hybridized carbons (Fsp3) is 0.579. The summed E-state index contributed by atoms with van der Waals surface area (Å²) < 4.78 is 21.6. The second-order valence-electron chi connectivity index (χ2n) is 7.31. The van der Waals surface area contributed by atoms with E-state index in [1.807, 2.05) is 6.08 Å². The third-order valence-corrected chi connectivity index (χ3v) is 6.46. The SMILES string of the molecule is CCCC1C2CCC1(OC(=O)c1cnn(C)c1Cl)C1=C2C=C[C@@H](F)C1. The topological polar surface area (TPSA) is 44.1 Å². The van der Waals surface area contributed by atoms with Crippen molar-refractivity contribution in [3.63, 3.8) is 0 Å². The molecule has 0 radical (unpaired) electrons. The van der Waals surface area contributed by atoms with Gasteiger partial charge in [0.25, 0.3) is 0 Å². The van der Waals surface area contributed by atoms with Crippen molar-refractivity contribution in [2.45, 2.75) is 50.8 Å². The highest BCUT2D eigenvalue weighted by atomic mass is 35.5. The van der Waals surface area contributed by atoms with Gasteiger partial charge in [-0.25, -0.2) is 9.18 Å². The zero-order chi connectivity index (χ0) is 17.8. The van der Waals surface area contributed by atoms with E-state index in [2.05, 4.69) is 12.0 Å². The third kappa shape index (κ3) is 2.39. The molecule has 0 spiro atoms. The molecule has 25 heavy (non-hydrogen) atoms. The number of hydrogen-bond donors (Lipinski definition) is 0. The molecule has 0 N–H and O–H groups in total. The predicted octanol–water partition coefficient (Wildman–Crippen LogP) is 4.40. The zero-order valence-electron chi connectivity index (χ0n) is 14.5. The first-order chi connectivity index (χ1) is 12.0. The van der Waals surface area contributed by atoms with Crippen molar-refractivity contribution in [2.75, 3.05) is 0 Å². The second kappa shape index (κ2) is 5.97. The van der Waals surface area contributed by atoms with Crippen LogP contribution in [-0.4, -0.2) is 27.5 Å². The first-order valence-corrected chi connectivity index (χ1v) is 9.32. The van der Waals surface area contributed by atoms with E-state index in [1.165, 1.54) is 16.5 Å². The average molecular weight is 365 g/mol. The summed E-state index contributed by atoms with van der Waals surface area (Å²) in [5, 5.41) is 4.29.